The molecular weight excluding hydrogens is 172 g/mol. The molecule has 0 fully saturated rings. The smallest absolute Gasteiger partial charge is 0.391 e. The third kappa shape index (κ3) is 8.10. The first-order valence-corrected chi connectivity index (χ1v) is 3.35. The van der Waals surface area contributed by atoms with Crippen LogP contribution in [0.3, 0.4) is 0 Å². The van der Waals surface area contributed by atoms with Gasteiger partial charge in [0.2, 0.25) is 0 Å². The van der Waals surface area contributed by atoms with Gasteiger partial charge in [0, 0.05) is 0 Å². The van der Waals surface area contributed by atoms with Crippen molar-refractivity contribution in [2.75, 3.05) is 6.61 Å². The molecule has 0 aromatic rings. The minimum atomic E-state index is -4.36. The highest BCUT2D eigenvalue weighted by molar-refractivity contribution is 7.36. The van der Waals surface area contributed by atoms with Gasteiger partial charge in [-0.1, -0.05) is 0 Å². The average Bonchev–Trinajstić information content (AvgIpc) is 1.59. The van der Waals surface area contributed by atoms with Crippen molar-refractivity contribution in [2.45, 2.75) is 12.6 Å². The summed E-state index contributed by atoms with van der Waals surface area (Å²) in [5.41, 5.74) is 0. The first-order chi connectivity index (χ1) is 4.42. The van der Waals surface area contributed by atoms with E-state index in [0.29, 0.717) is 0 Å². The molecule has 0 unspecified atom stereocenters. The molecule has 0 radical (unpaired) electrons. The fourth-order valence-corrected chi connectivity index (χ4v) is 0.476. The first-order valence-electron chi connectivity index (χ1n) is 2.26. The van der Waals surface area contributed by atoms with E-state index in [1.165, 1.54) is 0 Å². The van der Waals surface area contributed by atoms with Crippen LogP contribution >= 0.6 is 8.60 Å². The summed E-state index contributed by atoms with van der Waals surface area (Å²) in [5, 5.41) is 0. The van der Waals surface area contributed by atoms with Gasteiger partial charge in [0.25, 0.3) is 0 Å². The van der Waals surface area contributed by atoms with E-state index in [2.05, 4.69) is 4.52 Å². The van der Waals surface area contributed by atoms with Crippen LogP contribution in [0.2, 0.25) is 0 Å². The molecule has 0 spiro atoms. The van der Waals surface area contributed by atoms with Crippen molar-refractivity contribution in [3.05, 3.63) is 0 Å². The van der Waals surface area contributed by atoms with Crippen molar-refractivity contribution < 1.29 is 27.5 Å². The fraction of sp³-hybridized carbons (Fsp3) is 1.00. The molecule has 62 valence electrons. The highest BCUT2D eigenvalue weighted by Gasteiger charge is 2.26. The van der Waals surface area contributed by atoms with Crippen LogP contribution in [0.15, 0.2) is 0 Å². The minimum absolute atomic E-state index is 0.831. The maximum Gasteiger partial charge on any atom is 0.391 e. The van der Waals surface area contributed by atoms with Crippen LogP contribution in [0.1, 0.15) is 6.42 Å². The predicted octanol–water partition coefficient (Wildman–Crippen LogP) is -0.0971. The molecule has 10 heavy (non-hydrogen) atoms. The van der Waals surface area contributed by atoms with Crippen molar-refractivity contribution >= 4 is 8.60 Å². The summed E-state index contributed by atoms with van der Waals surface area (Å²) in [4.78, 5) is 19.1. The van der Waals surface area contributed by atoms with Crippen molar-refractivity contribution in [3.63, 3.8) is 0 Å². The SMILES string of the molecule is [O-]P([O-])OCCC(F)(F)F. The maximum atomic E-state index is 11.2. The van der Waals surface area contributed by atoms with E-state index in [-0.39, 0.29) is 0 Å². The summed E-state index contributed by atoms with van der Waals surface area (Å²) in [6.45, 7) is -0.831. The van der Waals surface area contributed by atoms with Crippen LogP contribution in [-0.2, 0) is 4.52 Å². The summed E-state index contributed by atoms with van der Waals surface area (Å²) in [6, 6.07) is 0. The van der Waals surface area contributed by atoms with E-state index in [0.717, 1.165) is 0 Å². The molecule has 0 atom stereocenters. The van der Waals surface area contributed by atoms with Crippen LogP contribution < -0.4 is 9.79 Å². The molecule has 0 heterocycles. The normalized spacial score (nSPS) is 12.6. The average molecular weight is 176 g/mol. The predicted molar refractivity (Wildman–Crippen MR) is 23.5 cm³/mol. The Morgan fingerprint density at radius 2 is 1.80 bits per heavy atom. The van der Waals surface area contributed by atoms with Crippen LogP contribution in [0, 0.1) is 0 Å². The molecule has 0 aromatic heterocycles. The molecule has 0 saturated heterocycles. The lowest BCUT2D eigenvalue weighted by molar-refractivity contribution is -0.319. The van der Waals surface area contributed by atoms with Gasteiger partial charge in [-0.25, -0.2) is 0 Å². The van der Waals surface area contributed by atoms with E-state index >= 15 is 0 Å². The molecule has 0 aliphatic rings. The van der Waals surface area contributed by atoms with Gasteiger partial charge in [-0.15, -0.1) is 0 Å². The van der Waals surface area contributed by atoms with Gasteiger partial charge in [-0.05, 0) is 0 Å². The molecular formula is C3H4F3O3P-2. The third-order valence-corrected chi connectivity index (χ3v) is 0.976. The molecule has 0 amide bonds. The Morgan fingerprint density at radius 3 is 2.10 bits per heavy atom. The molecule has 0 N–H and O–H groups in total. The lowest BCUT2D eigenvalue weighted by Gasteiger charge is -2.29. The summed E-state index contributed by atoms with van der Waals surface area (Å²) >= 11 is 0. The van der Waals surface area contributed by atoms with Gasteiger partial charge in [0.1, 0.15) is 0 Å². The second-order valence-corrected chi connectivity index (χ2v) is 2.13. The van der Waals surface area contributed by atoms with Crippen LogP contribution in [0.25, 0.3) is 0 Å². The van der Waals surface area contributed by atoms with Gasteiger partial charge in [0.05, 0.1) is 13.0 Å². The second-order valence-electron chi connectivity index (χ2n) is 1.42. The number of alkyl halides is 3. The van der Waals surface area contributed by atoms with Crippen molar-refractivity contribution in [2.24, 2.45) is 0 Å². The lowest BCUT2D eigenvalue weighted by atomic mass is 10.5. The topological polar surface area (TPSA) is 55.3 Å². The van der Waals surface area contributed by atoms with Crippen molar-refractivity contribution in [1.82, 2.24) is 0 Å². The number of halogens is 3. The molecule has 0 aliphatic heterocycles. The molecule has 0 aromatic carbocycles. The monoisotopic (exact) mass is 176 g/mol. The van der Waals surface area contributed by atoms with Gasteiger partial charge < -0.3 is 14.3 Å². The Labute approximate surface area is 56.4 Å². The van der Waals surface area contributed by atoms with E-state index in [1.807, 2.05) is 0 Å². The lowest BCUT2D eigenvalue weighted by Crippen LogP contribution is -2.15. The molecule has 0 bridgehead atoms. The van der Waals surface area contributed by atoms with Crippen LogP contribution in [-0.4, -0.2) is 12.8 Å². The van der Waals surface area contributed by atoms with E-state index in [4.69, 9.17) is 0 Å². The Kier molecular flexibility index (Phi) is 4.12. The van der Waals surface area contributed by atoms with Gasteiger partial charge in [0.15, 0.2) is 0 Å². The van der Waals surface area contributed by atoms with Crippen LogP contribution in [0.5, 0.6) is 0 Å². The van der Waals surface area contributed by atoms with E-state index in [9.17, 15) is 23.0 Å². The van der Waals surface area contributed by atoms with Gasteiger partial charge in [-0.3, -0.25) is 0 Å². The summed E-state index contributed by atoms with van der Waals surface area (Å²) < 4.78 is 37.3. The zero-order chi connectivity index (χ0) is 8.20. The summed E-state index contributed by atoms with van der Waals surface area (Å²) in [7, 11) is -3.15. The van der Waals surface area contributed by atoms with E-state index in [1.54, 1.807) is 0 Å². The zero-order valence-corrected chi connectivity index (χ0v) is 5.61. The Bertz CT molecular complexity index is 93.5. The zero-order valence-electron chi connectivity index (χ0n) is 4.72. The largest absolute Gasteiger partial charge is 0.820 e. The Morgan fingerprint density at radius 1 is 1.30 bits per heavy atom. The quantitative estimate of drug-likeness (QED) is 0.564. The number of hydrogen-bond donors (Lipinski definition) is 0. The standard InChI is InChI=1S/C3H4F3O3P/c4-3(5,6)1-2-9-10(7)8/h1-2H2/q-2. The highest BCUT2D eigenvalue weighted by Crippen LogP contribution is 2.22. The first kappa shape index (κ1) is 10.1. The Hall–Kier alpha value is 0.100. The molecule has 3 nitrogen and oxygen atoms in total. The van der Waals surface area contributed by atoms with Gasteiger partial charge in [-0.2, -0.15) is 21.8 Å². The Balaban J connectivity index is 3.21. The summed E-state index contributed by atoms with van der Waals surface area (Å²) in [6.07, 6.45) is -5.60. The van der Waals surface area contributed by atoms with Crippen molar-refractivity contribution in [3.8, 4) is 0 Å². The molecule has 0 saturated carbocycles. The van der Waals surface area contributed by atoms with Crippen LogP contribution in [0.4, 0.5) is 13.2 Å². The molecule has 0 aliphatic carbocycles. The van der Waals surface area contributed by atoms with E-state index < -0.39 is 27.8 Å². The minimum Gasteiger partial charge on any atom is -0.820 e. The second kappa shape index (κ2) is 4.08. The highest BCUT2D eigenvalue weighted by atomic mass is 31.2. The summed E-state index contributed by atoms with van der Waals surface area (Å²) in [5.74, 6) is 0. The number of rotatable bonds is 3. The van der Waals surface area contributed by atoms with Gasteiger partial charge >= 0.3 is 6.18 Å². The fourth-order valence-electron chi connectivity index (χ4n) is 0.236. The maximum absolute atomic E-state index is 11.2. The van der Waals surface area contributed by atoms with Crippen molar-refractivity contribution in [1.29, 1.82) is 0 Å². The third-order valence-electron chi connectivity index (χ3n) is 0.582. The number of hydrogen-bond acceptors (Lipinski definition) is 3. The molecule has 0 rings (SSSR count). The molecule has 7 heteroatoms.